The molecule has 1 amide bonds. The SMILES string of the molecule is CCOc1cc2c(cc1CNC(=O)CCc1c(C)nn(CC(C)C)c1C)O[C@@H](C)C2. The van der Waals surface area contributed by atoms with Gasteiger partial charge in [0.2, 0.25) is 5.91 Å². The first-order valence-electron chi connectivity index (χ1n) is 11.0. The zero-order valence-electron chi connectivity index (χ0n) is 19.2. The molecule has 2 aromatic rings. The third-order valence-corrected chi connectivity index (χ3v) is 5.53. The fraction of sp³-hybridized carbons (Fsp3) is 0.583. The summed E-state index contributed by atoms with van der Waals surface area (Å²) in [6.45, 7) is 14.5. The van der Waals surface area contributed by atoms with Gasteiger partial charge in [0, 0.05) is 42.8 Å². The number of hydrogen-bond donors (Lipinski definition) is 1. The summed E-state index contributed by atoms with van der Waals surface area (Å²) in [5.74, 6) is 2.30. The predicted molar refractivity (Wildman–Crippen MR) is 118 cm³/mol. The molecule has 1 N–H and O–H groups in total. The van der Waals surface area contributed by atoms with Crippen LogP contribution in [-0.2, 0) is 30.7 Å². The summed E-state index contributed by atoms with van der Waals surface area (Å²) < 4.78 is 13.7. The first-order valence-corrected chi connectivity index (χ1v) is 11.0. The van der Waals surface area contributed by atoms with Crippen molar-refractivity contribution < 1.29 is 14.3 Å². The second-order valence-corrected chi connectivity index (χ2v) is 8.64. The number of amides is 1. The van der Waals surface area contributed by atoms with Gasteiger partial charge in [0.25, 0.3) is 0 Å². The number of carbonyl (C=O) groups is 1. The highest BCUT2D eigenvalue weighted by Crippen LogP contribution is 2.35. The summed E-state index contributed by atoms with van der Waals surface area (Å²) >= 11 is 0. The predicted octanol–water partition coefficient (Wildman–Crippen LogP) is 4.13. The van der Waals surface area contributed by atoms with E-state index >= 15 is 0 Å². The van der Waals surface area contributed by atoms with Gasteiger partial charge in [0.1, 0.15) is 17.6 Å². The highest BCUT2D eigenvalue weighted by atomic mass is 16.5. The number of fused-ring (bicyclic) bond motifs is 1. The quantitative estimate of drug-likeness (QED) is 0.671. The summed E-state index contributed by atoms with van der Waals surface area (Å²) in [5.41, 5.74) is 5.49. The summed E-state index contributed by atoms with van der Waals surface area (Å²) in [4.78, 5) is 12.5. The Labute approximate surface area is 180 Å². The zero-order valence-corrected chi connectivity index (χ0v) is 19.2. The monoisotopic (exact) mass is 413 g/mol. The Balaban J connectivity index is 1.60. The van der Waals surface area contributed by atoms with Gasteiger partial charge in [-0.15, -0.1) is 0 Å². The van der Waals surface area contributed by atoms with Crippen LogP contribution < -0.4 is 14.8 Å². The van der Waals surface area contributed by atoms with E-state index in [-0.39, 0.29) is 12.0 Å². The molecular weight excluding hydrogens is 378 g/mol. The molecule has 2 heterocycles. The maximum Gasteiger partial charge on any atom is 0.220 e. The van der Waals surface area contributed by atoms with E-state index in [1.54, 1.807) is 0 Å². The van der Waals surface area contributed by atoms with Crippen LogP contribution in [-0.4, -0.2) is 28.4 Å². The van der Waals surface area contributed by atoms with E-state index < -0.39 is 0 Å². The topological polar surface area (TPSA) is 65.4 Å². The van der Waals surface area contributed by atoms with Crippen molar-refractivity contribution in [1.29, 1.82) is 0 Å². The largest absolute Gasteiger partial charge is 0.494 e. The number of carbonyl (C=O) groups excluding carboxylic acids is 1. The molecule has 3 rings (SSSR count). The van der Waals surface area contributed by atoms with E-state index in [2.05, 4.69) is 48.9 Å². The normalized spacial score (nSPS) is 15.2. The van der Waals surface area contributed by atoms with Crippen LogP contribution in [0.25, 0.3) is 0 Å². The van der Waals surface area contributed by atoms with E-state index in [1.807, 2.05) is 19.9 Å². The lowest BCUT2D eigenvalue weighted by Gasteiger charge is -2.13. The molecule has 0 aliphatic carbocycles. The van der Waals surface area contributed by atoms with Crippen LogP contribution in [0.15, 0.2) is 12.1 Å². The third-order valence-electron chi connectivity index (χ3n) is 5.53. The summed E-state index contributed by atoms with van der Waals surface area (Å²) in [5, 5.41) is 7.69. The Morgan fingerprint density at radius 2 is 2.13 bits per heavy atom. The van der Waals surface area contributed by atoms with Crippen LogP contribution in [0.5, 0.6) is 11.5 Å². The number of aromatic nitrogens is 2. The molecule has 0 radical (unpaired) electrons. The summed E-state index contributed by atoms with van der Waals surface area (Å²) in [6.07, 6.45) is 2.22. The third kappa shape index (κ3) is 5.15. The van der Waals surface area contributed by atoms with Crippen molar-refractivity contribution in [2.75, 3.05) is 6.61 Å². The van der Waals surface area contributed by atoms with Gasteiger partial charge in [0.15, 0.2) is 0 Å². The molecule has 0 saturated carbocycles. The Bertz CT molecular complexity index is 902. The van der Waals surface area contributed by atoms with Crippen LogP contribution in [0.4, 0.5) is 0 Å². The van der Waals surface area contributed by atoms with Gasteiger partial charge >= 0.3 is 0 Å². The smallest absolute Gasteiger partial charge is 0.220 e. The van der Waals surface area contributed by atoms with Crippen molar-refractivity contribution >= 4 is 5.91 Å². The number of hydrogen-bond acceptors (Lipinski definition) is 4. The second-order valence-electron chi connectivity index (χ2n) is 8.64. The fourth-order valence-electron chi connectivity index (χ4n) is 4.05. The number of aryl methyl sites for hydroxylation is 1. The fourth-order valence-corrected chi connectivity index (χ4v) is 4.05. The molecule has 0 fully saturated rings. The lowest BCUT2D eigenvalue weighted by Crippen LogP contribution is -2.23. The number of benzene rings is 1. The van der Waals surface area contributed by atoms with Gasteiger partial charge < -0.3 is 14.8 Å². The summed E-state index contributed by atoms with van der Waals surface area (Å²) in [6, 6.07) is 4.06. The van der Waals surface area contributed by atoms with Crippen molar-refractivity contribution in [2.45, 2.75) is 80.0 Å². The second kappa shape index (κ2) is 9.54. The van der Waals surface area contributed by atoms with E-state index in [0.29, 0.717) is 31.9 Å². The van der Waals surface area contributed by atoms with E-state index in [0.717, 1.165) is 41.4 Å². The molecule has 0 saturated heterocycles. The molecule has 0 bridgehead atoms. The molecule has 1 atom stereocenters. The van der Waals surface area contributed by atoms with Gasteiger partial charge in [-0.1, -0.05) is 13.8 Å². The minimum absolute atomic E-state index is 0.0302. The molecule has 164 valence electrons. The van der Waals surface area contributed by atoms with Crippen molar-refractivity contribution in [3.05, 3.63) is 40.2 Å². The molecule has 1 aromatic carbocycles. The first kappa shape index (κ1) is 22.2. The van der Waals surface area contributed by atoms with Crippen molar-refractivity contribution in [3.8, 4) is 11.5 Å². The van der Waals surface area contributed by atoms with Crippen molar-refractivity contribution in [1.82, 2.24) is 15.1 Å². The summed E-state index contributed by atoms with van der Waals surface area (Å²) in [7, 11) is 0. The van der Waals surface area contributed by atoms with E-state index in [4.69, 9.17) is 9.47 Å². The Morgan fingerprint density at radius 3 is 2.83 bits per heavy atom. The van der Waals surface area contributed by atoms with Gasteiger partial charge in [-0.05, 0) is 57.7 Å². The minimum Gasteiger partial charge on any atom is -0.494 e. The zero-order chi connectivity index (χ0) is 21.8. The molecule has 0 unspecified atom stereocenters. The van der Waals surface area contributed by atoms with Crippen LogP contribution in [0, 0.1) is 19.8 Å². The molecular formula is C24H35N3O3. The van der Waals surface area contributed by atoms with Gasteiger partial charge in [0.05, 0.1) is 12.3 Å². The molecule has 1 aliphatic heterocycles. The Morgan fingerprint density at radius 1 is 1.37 bits per heavy atom. The maximum atomic E-state index is 12.5. The molecule has 6 heteroatoms. The minimum atomic E-state index is 0.0302. The average Bonchev–Trinajstić information content (AvgIpc) is 3.16. The molecule has 1 aromatic heterocycles. The molecule has 6 nitrogen and oxygen atoms in total. The van der Waals surface area contributed by atoms with Crippen LogP contribution in [0.3, 0.4) is 0 Å². The highest BCUT2D eigenvalue weighted by molar-refractivity contribution is 5.76. The van der Waals surface area contributed by atoms with Crippen LogP contribution in [0.1, 0.15) is 62.2 Å². The number of rotatable bonds is 9. The first-order chi connectivity index (χ1) is 14.3. The van der Waals surface area contributed by atoms with Crippen molar-refractivity contribution in [3.63, 3.8) is 0 Å². The number of nitrogens with zero attached hydrogens (tertiary/aromatic N) is 2. The average molecular weight is 414 g/mol. The van der Waals surface area contributed by atoms with Crippen LogP contribution in [0.2, 0.25) is 0 Å². The van der Waals surface area contributed by atoms with E-state index in [1.165, 1.54) is 11.1 Å². The molecule has 0 spiro atoms. The van der Waals surface area contributed by atoms with Gasteiger partial charge in [-0.25, -0.2) is 0 Å². The molecule has 1 aliphatic rings. The molecule has 30 heavy (non-hydrogen) atoms. The number of ether oxygens (including phenoxy) is 2. The Kier molecular flexibility index (Phi) is 7.06. The standard InChI is InChI=1S/C24H35N3O3/c1-7-29-22-11-19-10-16(4)30-23(19)12-20(22)13-25-24(28)9-8-21-17(5)26-27(18(21)6)14-15(2)3/h11-12,15-16H,7-10,13-14H2,1-6H3,(H,25,28)/t16-/m0/s1. The van der Waals surface area contributed by atoms with Gasteiger partial charge in [-0.2, -0.15) is 5.10 Å². The number of nitrogens with one attached hydrogen (secondary N) is 1. The van der Waals surface area contributed by atoms with E-state index in [9.17, 15) is 4.79 Å². The van der Waals surface area contributed by atoms with Gasteiger partial charge in [-0.3, -0.25) is 9.48 Å². The highest BCUT2D eigenvalue weighted by Gasteiger charge is 2.22. The van der Waals surface area contributed by atoms with Crippen molar-refractivity contribution in [2.24, 2.45) is 5.92 Å². The lowest BCUT2D eigenvalue weighted by atomic mass is 10.1. The van der Waals surface area contributed by atoms with Crippen LogP contribution >= 0.6 is 0 Å². The lowest BCUT2D eigenvalue weighted by molar-refractivity contribution is -0.121. The maximum absolute atomic E-state index is 12.5. The Hall–Kier alpha value is -2.50.